The molecule has 2 aromatic heterocycles. The second kappa shape index (κ2) is 30.9. The van der Waals surface area contributed by atoms with Gasteiger partial charge in [0.2, 0.25) is 35.4 Å². The molecular weight excluding hydrogens is 1190 g/mol. The number of nitrogens with one attached hydrogen (secondary N) is 5. The zero-order valence-corrected chi connectivity index (χ0v) is 50.4. The van der Waals surface area contributed by atoms with Gasteiger partial charge in [0.05, 0.1) is 48.8 Å². The van der Waals surface area contributed by atoms with E-state index >= 15 is 0 Å². The third-order valence-electron chi connectivity index (χ3n) is 15.6. The van der Waals surface area contributed by atoms with Gasteiger partial charge in [0.15, 0.2) is 16.5 Å². The maximum Gasteiger partial charge on any atom is 0.253 e. The van der Waals surface area contributed by atoms with Gasteiger partial charge in [-0.3, -0.25) is 38.5 Å². The van der Waals surface area contributed by atoms with Crippen LogP contribution in [-0.4, -0.2) is 235 Å². The molecule has 484 valence electrons. The fraction of sp³-hybridized carbons (Fsp3) is 0.467. The standard InChI is InChI=1S/C60H76N12O17S/c1-30-28-72-50(51(30)79)56(84)64-27-37(74)24-41(65-52(80)36-11-14-40(63-26-36)58-70-69-57(90-58)35-7-5-33(6-8-35)34-9-12-39(13-10-34)88-21-20-87-3)53(81)66-47(31(2)73)59(85)71-29-38(75)25-42(71)54(82)67-48(55(83)68-49(60(72)86)44(77)16-17-61)45(78)22-32-4-15-43(76)46(23-32)89-19-18-62/h4-15,23,26,30-31,37-38,41-42,44-45,47-51,73-79H,16-22,24-25,27-29,61-62H2,1-3H3,(H,64,84)(H,65,80)(H,66,81)(H,67,82)(H,68,83)/t30-,31+,37+,38+,41-,42-,44+,45+,47-,48-,49-,50-,51-/m0/s1. The number of fused-ring (bicyclic) bond motifs is 2. The van der Waals surface area contributed by atoms with Crippen molar-refractivity contribution in [2.45, 2.75) is 112 Å². The summed E-state index contributed by atoms with van der Waals surface area (Å²) in [5.74, 6) is -8.11. The highest BCUT2D eigenvalue weighted by atomic mass is 32.1. The summed E-state index contributed by atoms with van der Waals surface area (Å²) in [6, 6.07) is 11.2. The molecule has 0 radical (unpaired) electrons. The number of aliphatic hydroxyl groups excluding tert-OH is 6. The lowest BCUT2D eigenvalue weighted by atomic mass is 9.98. The molecule has 3 aliphatic rings. The van der Waals surface area contributed by atoms with E-state index in [9.17, 15) is 69.3 Å². The minimum atomic E-state index is -2.05. The first-order valence-corrected chi connectivity index (χ1v) is 30.1. The van der Waals surface area contributed by atoms with Gasteiger partial charge in [-0.25, -0.2) is 0 Å². The number of methoxy groups -OCH3 is 1. The van der Waals surface area contributed by atoms with E-state index in [-0.39, 0.29) is 55.3 Å². The van der Waals surface area contributed by atoms with Crippen LogP contribution in [0.25, 0.3) is 32.4 Å². The lowest BCUT2D eigenvalue weighted by molar-refractivity contribution is -0.147. The number of aliphatic hydroxyl groups is 6. The number of hydrogen-bond acceptors (Lipinski definition) is 23. The number of pyridine rings is 1. The number of carbonyl (C=O) groups is 7. The molecule has 8 rings (SSSR count). The Hall–Kier alpha value is -8.30. The predicted molar refractivity (Wildman–Crippen MR) is 323 cm³/mol. The Balaban J connectivity index is 1.06. The Bertz CT molecular complexity index is 3310. The number of nitrogens with zero attached hydrogens (tertiary/aromatic N) is 5. The van der Waals surface area contributed by atoms with Crippen LogP contribution >= 0.6 is 11.3 Å². The summed E-state index contributed by atoms with van der Waals surface area (Å²) in [6.45, 7) is 1.89. The quantitative estimate of drug-likeness (QED) is 0.0374. The predicted octanol–water partition coefficient (Wildman–Crippen LogP) is -2.70. The summed E-state index contributed by atoms with van der Waals surface area (Å²) in [5, 5.41) is 101. The van der Waals surface area contributed by atoms with Crippen molar-refractivity contribution in [2.24, 2.45) is 17.4 Å². The van der Waals surface area contributed by atoms with Crippen LogP contribution in [0.2, 0.25) is 0 Å². The molecule has 3 aliphatic heterocycles. The van der Waals surface area contributed by atoms with Gasteiger partial charge < -0.3 is 97.8 Å². The number of carbonyl (C=O) groups excluding carboxylic acids is 7. The largest absolute Gasteiger partial charge is 0.504 e. The van der Waals surface area contributed by atoms with Crippen molar-refractivity contribution in [3.05, 3.63) is 96.2 Å². The van der Waals surface area contributed by atoms with Crippen LogP contribution in [0.5, 0.6) is 17.2 Å². The number of ether oxygens (including phenoxy) is 3. The monoisotopic (exact) mass is 1270 g/mol. The highest BCUT2D eigenvalue weighted by Gasteiger charge is 2.50. The molecule has 0 saturated carbocycles. The first kappa shape index (κ1) is 67.6. The van der Waals surface area contributed by atoms with E-state index in [1.54, 1.807) is 7.11 Å². The molecule has 3 fully saturated rings. The molecule has 7 amide bonds. The summed E-state index contributed by atoms with van der Waals surface area (Å²) >= 11 is 1.24. The molecule has 30 heteroatoms. The van der Waals surface area contributed by atoms with E-state index in [0.29, 0.717) is 28.9 Å². The fourth-order valence-electron chi connectivity index (χ4n) is 10.7. The lowest BCUT2D eigenvalue weighted by Gasteiger charge is -2.34. The molecular formula is C60H76N12O17S. The van der Waals surface area contributed by atoms with Gasteiger partial charge in [-0.2, -0.15) is 0 Å². The number of nitrogens with two attached hydrogens (primary N) is 2. The maximum absolute atomic E-state index is 14.7. The molecule has 5 heterocycles. The van der Waals surface area contributed by atoms with E-state index in [1.165, 1.54) is 54.8 Å². The normalized spacial score (nSPS) is 24.9. The van der Waals surface area contributed by atoms with Crippen molar-refractivity contribution in [2.75, 3.05) is 59.7 Å². The van der Waals surface area contributed by atoms with Crippen molar-refractivity contribution in [3.8, 4) is 49.6 Å². The van der Waals surface area contributed by atoms with Gasteiger partial charge >= 0.3 is 0 Å². The van der Waals surface area contributed by atoms with Gasteiger partial charge in [0.1, 0.15) is 65.9 Å². The number of aromatic hydroxyl groups is 1. The highest BCUT2D eigenvalue weighted by molar-refractivity contribution is 7.17. The van der Waals surface area contributed by atoms with E-state index in [0.717, 1.165) is 39.2 Å². The van der Waals surface area contributed by atoms with Crippen molar-refractivity contribution in [1.29, 1.82) is 0 Å². The zero-order chi connectivity index (χ0) is 64.9. The summed E-state index contributed by atoms with van der Waals surface area (Å²) < 4.78 is 16.2. The molecule has 3 aromatic carbocycles. The van der Waals surface area contributed by atoms with Crippen molar-refractivity contribution < 1.29 is 83.5 Å². The van der Waals surface area contributed by atoms with E-state index < -0.39 is 152 Å². The summed E-state index contributed by atoms with van der Waals surface area (Å²) in [4.78, 5) is 107. The number of aromatic nitrogens is 3. The maximum atomic E-state index is 14.7. The van der Waals surface area contributed by atoms with Crippen LogP contribution in [-0.2, 0) is 39.9 Å². The second-order valence-corrected chi connectivity index (χ2v) is 23.3. The van der Waals surface area contributed by atoms with Crippen LogP contribution in [0.1, 0.15) is 49.0 Å². The Morgan fingerprint density at radius 1 is 0.722 bits per heavy atom. The van der Waals surface area contributed by atoms with Crippen LogP contribution in [0.4, 0.5) is 0 Å². The second-order valence-electron chi connectivity index (χ2n) is 22.3. The molecule has 29 nitrogen and oxygen atoms in total. The number of phenols is 1. The van der Waals surface area contributed by atoms with Gasteiger partial charge in [-0.1, -0.05) is 60.7 Å². The highest BCUT2D eigenvalue weighted by Crippen LogP contribution is 2.33. The van der Waals surface area contributed by atoms with Gasteiger partial charge in [0, 0.05) is 70.2 Å². The smallest absolute Gasteiger partial charge is 0.253 e. The van der Waals surface area contributed by atoms with Gasteiger partial charge in [-0.05, 0) is 73.0 Å². The van der Waals surface area contributed by atoms with Crippen molar-refractivity contribution >= 4 is 52.7 Å². The van der Waals surface area contributed by atoms with Crippen LogP contribution in [0.15, 0.2) is 85.1 Å². The lowest BCUT2D eigenvalue weighted by Crippen LogP contribution is -2.64. The molecule has 5 aromatic rings. The van der Waals surface area contributed by atoms with Crippen LogP contribution in [0.3, 0.4) is 0 Å². The number of amides is 7. The SMILES string of the molecule is COCCOc1ccc(-c2ccc(-c3nnc(-c4ccc(C(=O)N[C@H]5C[C@@H](O)CNC(=O)[C@@H]6[C@@H](O)[C@@H](C)CN6C(=O)[C@H]([C@H](O)CCN)NC(=O)[C@H]([C@H](O)Cc6ccc(O)c(OCCN)c6)NC(=O)[C@@H]6C[C@@H](O)CN6C(=O)[C@H]([C@@H](C)O)NC5=O)cn4)s3)cc2)cc1. The molecule has 0 bridgehead atoms. The third-order valence-corrected chi connectivity index (χ3v) is 16.6. The Labute approximate surface area is 521 Å². The molecule has 0 unspecified atom stereocenters. The van der Waals surface area contributed by atoms with Gasteiger partial charge in [0.25, 0.3) is 5.91 Å². The summed E-state index contributed by atoms with van der Waals surface area (Å²) in [5.41, 5.74) is 14.6. The summed E-state index contributed by atoms with van der Waals surface area (Å²) in [6.07, 6.45) is -10.8. The van der Waals surface area contributed by atoms with Crippen LogP contribution < -0.4 is 47.5 Å². The molecule has 16 N–H and O–H groups in total. The van der Waals surface area contributed by atoms with Crippen LogP contribution in [0, 0.1) is 5.92 Å². The third kappa shape index (κ3) is 16.6. The molecule has 3 saturated heterocycles. The number of hydrogen-bond donors (Lipinski definition) is 14. The Morgan fingerprint density at radius 2 is 1.39 bits per heavy atom. The average Bonchev–Trinajstić information content (AvgIpc) is 1.88. The molecule has 13 atom stereocenters. The number of rotatable bonds is 19. The molecule has 0 spiro atoms. The number of β-amino-alcohol motifs (C(OH)–C–C–N with tert-alkyl or cyclic N) is 1. The van der Waals surface area contributed by atoms with E-state index in [1.807, 2.05) is 48.5 Å². The van der Waals surface area contributed by atoms with E-state index in [2.05, 4.69) is 41.8 Å². The Morgan fingerprint density at radius 3 is 2.06 bits per heavy atom. The van der Waals surface area contributed by atoms with Crippen molar-refractivity contribution in [3.63, 3.8) is 0 Å². The van der Waals surface area contributed by atoms with Gasteiger partial charge in [-0.15, -0.1) is 10.2 Å². The minimum absolute atomic E-state index is 0.00966. The first-order valence-electron chi connectivity index (χ1n) is 29.3. The summed E-state index contributed by atoms with van der Waals surface area (Å²) in [7, 11) is 1.60. The topological polar surface area (TPSA) is 446 Å². The fourth-order valence-corrected chi connectivity index (χ4v) is 11.5. The number of benzene rings is 3. The minimum Gasteiger partial charge on any atom is -0.504 e. The van der Waals surface area contributed by atoms with Crippen molar-refractivity contribution in [1.82, 2.24) is 51.6 Å². The molecule has 90 heavy (non-hydrogen) atoms. The molecule has 0 aliphatic carbocycles. The first-order chi connectivity index (χ1) is 43.1. The zero-order valence-electron chi connectivity index (χ0n) is 49.6. The Kier molecular flexibility index (Phi) is 23.3. The average molecular weight is 1270 g/mol. The van der Waals surface area contributed by atoms with E-state index in [4.69, 9.17) is 25.7 Å². The number of phenolic OH excluding ortho intramolecular Hbond substituents is 1.